The third-order valence-electron chi connectivity index (χ3n) is 3.73. The summed E-state index contributed by atoms with van der Waals surface area (Å²) in [6.45, 7) is 1.99. The summed E-state index contributed by atoms with van der Waals surface area (Å²) < 4.78 is 15.5. The van der Waals surface area contributed by atoms with Gasteiger partial charge in [-0.1, -0.05) is 0 Å². The molecule has 2 fully saturated rings. The first-order chi connectivity index (χ1) is 9.86. The largest absolute Gasteiger partial charge is 0.394 e. The average Bonchev–Trinajstić information content (AvgIpc) is 2.46. The number of aliphatic hydroxyl groups is 6. The van der Waals surface area contributed by atoms with Gasteiger partial charge < -0.3 is 44.8 Å². The molecule has 0 bridgehead atoms. The van der Waals surface area contributed by atoms with E-state index >= 15 is 0 Å². The highest BCUT2D eigenvalue weighted by Crippen LogP contribution is 2.27. The van der Waals surface area contributed by atoms with Crippen LogP contribution in [0, 0.1) is 6.61 Å². The lowest BCUT2D eigenvalue weighted by atomic mass is 9.98. The van der Waals surface area contributed by atoms with E-state index in [0.29, 0.717) is 0 Å². The van der Waals surface area contributed by atoms with Crippen molar-refractivity contribution in [2.75, 3.05) is 6.61 Å². The molecule has 1 radical (unpaired) electrons. The van der Waals surface area contributed by atoms with Crippen molar-refractivity contribution in [3.63, 3.8) is 0 Å². The third-order valence-corrected chi connectivity index (χ3v) is 3.73. The normalized spacial score (nSPS) is 51.9. The second kappa shape index (κ2) is 6.82. The van der Waals surface area contributed by atoms with Crippen molar-refractivity contribution in [2.24, 2.45) is 0 Å². The molecule has 2 heterocycles. The van der Waals surface area contributed by atoms with Gasteiger partial charge in [0.15, 0.2) is 6.29 Å². The lowest BCUT2D eigenvalue weighted by molar-refractivity contribution is -0.326. The van der Waals surface area contributed by atoms with E-state index in [4.69, 9.17) is 19.3 Å². The van der Waals surface area contributed by atoms with Crippen LogP contribution in [0.25, 0.3) is 0 Å². The van der Waals surface area contributed by atoms with Crippen LogP contribution in [0.1, 0.15) is 6.92 Å². The molecule has 0 unspecified atom stereocenters. The summed E-state index contributed by atoms with van der Waals surface area (Å²) in [6.07, 6.45) is -11.3. The van der Waals surface area contributed by atoms with Crippen LogP contribution >= 0.6 is 0 Å². The van der Waals surface area contributed by atoms with E-state index in [-0.39, 0.29) is 0 Å². The maximum absolute atomic E-state index is 9.96. The number of aliphatic hydroxyl groups excluding tert-OH is 6. The minimum Gasteiger partial charge on any atom is -0.394 e. The quantitative estimate of drug-likeness (QED) is 0.312. The Bertz CT molecular complexity index is 341. The fourth-order valence-electron chi connectivity index (χ4n) is 2.35. The number of hydrogen-bond donors (Lipinski definition) is 6. The molecule has 0 spiro atoms. The molecule has 0 saturated carbocycles. The van der Waals surface area contributed by atoms with Crippen LogP contribution in [0.3, 0.4) is 0 Å². The Labute approximate surface area is 121 Å². The zero-order chi connectivity index (χ0) is 15.7. The summed E-state index contributed by atoms with van der Waals surface area (Å²) in [5.74, 6) is 0. The zero-order valence-corrected chi connectivity index (χ0v) is 11.4. The van der Waals surface area contributed by atoms with Crippen LogP contribution < -0.4 is 0 Å². The smallest absolute Gasteiger partial charge is 0.187 e. The molecular weight excluding hydrogens is 288 g/mol. The fourth-order valence-corrected chi connectivity index (χ4v) is 2.35. The van der Waals surface area contributed by atoms with Gasteiger partial charge in [-0.3, -0.25) is 0 Å². The van der Waals surface area contributed by atoms with Gasteiger partial charge in [0.05, 0.1) is 12.7 Å². The maximum Gasteiger partial charge on any atom is 0.187 e. The van der Waals surface area contributed by atoms with Gasteiger partial charge in [0, 0.05) is 0 Å². The van der Waals surface area contributed by atoms with Gasteiger partial charge in [-0.25, -0.2) is 0 Å². The Morgan fingerprint density at radius 2 is 1.67 bits per heavy atom. The Morgan fingerprint density at radius 1 is 1.00 bits per heavy atom. The second-order valence-corrected chi connectivity index (χ2v) is 5.26. The van der Waals surface area contributed by atoms with Crippen molar-refractivity contribution in [1.82, 2.24) is 0 Å². The minimum atomic E-state index is -1.55. The van der Waals surface area contributed by atoms with Crippen molar-refractivity contribution >= 4 is 0 Å². The van der Waals surface area contributed by atoms with Crippen molar-refractivity contribution in [1.29, 1.82) is 0 Å². The van der Waals surface area contributed by atoms with E-state index in [9.17, 15) is 25.5 Å². The monoisotopic (exact) mass is 309 g/mol. The van der Waals surface area contributed by atoms with Gasteiger partial charge in [0.25, 0.3) is 0 Å². The fraction of sp³-hybridized carbons (Fsp3) is 0.917. The van der Waals surface area contributed by atoms with Crippen LogP contribution in [-0.4, -0.2) is 92.4 Å². The minimum absolute atomic E-state index is 0.490. The van der Waals surface area contributed by atoms with E-state index in [2.05, 4.69) is 0 Å². The number of ether oxygens (including phenoxy) is 3. The Balaban J connectivity index is 2.05. The maximum atomic E-state index is 9.96. The van der Waals surface area contributed by atoms with Gasteiger partial charge in [0.1, 0.15) is 49.3 Å². The van der Waals surface area contributed by atoms with Crippen molar-refractivity contribution in [3.05, 3.63) is 6.61 Å². The molecule has 9 heteroatoms. The second-order valence-electron chi connectivity index (χ2n) is 5.26. The summed E-state index contributed by atoms with van der Waals surface area (Å²) in [6, 6.07) is 0. The Hall–Kier alpha value is -0.360. The average molecular weight is 309 g/mol. The molecule has 2 aliphatic rings. The highest BCUT2D eigenvalue weighted by molar-refractivity contribution is 4.95. The zero-order valence-electron chi connectivity index (χ0n) is 11.4. The molecule has 2 rings (SSSR count). The van der Waals surface area contributed by atoms with Crippen LogP contribution in [0.2, 0.25) is 0 Å². The number of hydrogen-bond acceptors (Lipinski definition) is 9. The molecule has 0 aromatic rings. The van der Waals surface area contributed by atoms with Gasteiger partial charge in [-0.05, 0) is 6.92 Å². The molecule has 6 N–H and O–H groups in total. The molecule has 123 valence electrons. The lowest BCUT2D eigenvalue weighted by Gasteiger charge is -2.43. The summed E-state index contributed by atoms with van der Waals surface area (Å²) in [4.78, 5) is 0. The van der Waals surface area contributed by atoms with Crippen LogP contribution in [-0.2, 0) is 14.2 Å². The van der Waals surface area contributed by atoms with Crippen molar-refractivity contribution in [3.8, 4) is 0 Å². The Morgan fingerprint density at radius 3 is 2.29 bits per heavy atom. The number of rotatable bonds is 3. The van der Waals surface area contributed by atoms with Crippen LogP contribution in [0.5, 0.6) is 0 Å². The molecule has 0 amide bonds. The molecule has 9 nitrogen and oxygen atoms in total. The highest BCUT2D eigenvalue weighted by atomic mass is 16.7. The lowest BCUT2D eigenvalue weighted by Crippen LogP contribution is -2.61. The van der Waals surface area contributed by atoms with Gasteiger partial charge in [-0.15, -0.1) is 0 Å². The van der Waals surface area contributed by atoms with Crippen LogP contribution in [0.15, 0.2) is 0 Å². The van der Waals surface area contributed by atoms with E-state index in [1.54, 1.807) is 0 Å². The van der Waals surface area contributed by atoms with E-state index in [1.165, 1.54) is 6.92 Å². The molecule has 2 saturated heterocycles. The molecule has 0 aromatic heterocycles. The van der Waals surface area contributed by atoms with E-state index < -0.39 is 61.7 Å². The molecule has 9 atom stereocenters. The van der Waals surface area contributed by atoms with Crippen molar-refractivity contribution < 1.29 is 44.8 Å². The van der Waals surface area contributed by atoms with E-state index in [0.717, 1.165) is 6.61 Å². The molecule has 0 aromatic carbocycles. The Kier molecular flexibility index (Phi) is 5.52. The summed E-state index contributed by atoms with van der Waals surface area (Å²) in [7, 11) is 0. The predicted octanol–water partition coefficient (Wildman–Crippen LogP) is -3.53. The molecule has 2 aliphatic heterocycles. The molecular formula is C12H21O9. The first-order valence-corrected chi connectivity index (χ1v) is 6.67. The first-order valence-electron chi connectivity index (χ1n) is 6.67. The standard InChI is InChI=1S/C12H21O9/c1-4-7(15)9(17)10(18)12(20-4)21-11-5(14)3-19-6(2-13)8(11)16/h3-18H,2H2,1H3/t4-,5-,6+,7+,8-,9+,10-,11+,12-/m0/s1. The topological polar surface area (TPSA) is 149 Å². The van der Waals surface area contributed by atoms with Crippen LogP contribution in [0.4, 0.5) is 0 Å². The molecule has 21 heavy (non-hydrogen) atoms. The van der Waals surface area contributed by atoms with Gasteiger partial charge in [-0.2, -0.15) is 0 Å². The SMILES string of the molecule is C[C@@H]1O[C@@H](O[C@H]2[C@@H](O)[C@@H](CO)O[CH][C@@H]2O)[C@@H](O)[C@H](O)[C@@H]1O. The predicted molar refractivity (Wildman–Crippen MR) is 65.5 cm³/mol. The summed E-state index contributed by atoms with van der Waals surface area (Å²) in [5, 5.41) is 57.9. The first kappa shape index (κ1) is 17.0. The van der Waals surface area contributed by atoms with Gasteiger partial charge >= 0.3 is 0 Å². The summed E-state index contributed by atoms with van der Waals surface area (Å²) >= 11 is 0. The van der Waals surface area contributed by atoms with Crippen molar-refractivity contribution in [2.45, 2.75) is 62.0 Å². The summed E-state index contributed by atoms with van der Waals surface area (Å²) in [5.41, 5.74) is 0. The van der Waals surface area contributed by atoms with Gasteiger partial charge in [0.2, 0.25) is 0 Å². The van der Waals surface area contributed by atoms with E-state index in [1.807, 2.05) is 0 Å². The molecule has 0 aliphatic carbocycles. The highest BCUT2D eigenvalue weighted by Gasteiger charge is 2.47. The third kappa shape index (κ3) is 3.36.